The van der Waals surface area contributed by atoms with Gasteiger partial charge in [0.25, 0.3) is 5.91 Å². The summed E-state index contributed by atoms with van der Waals surface area (Å²) in [5.41, 5.74) is 1.29. The maximum absolute atomic E-state index is 11.8. The second-order valence-electron chi connectivity index (χ2n) is 6.29. The number of benzene rings is 1. The molecule has 1 aromatic carbocycles. The van der Waals surface area contributed by atoms with Crippen LogP contribution >= 0.6 is 0 Å². The molecule has 21 heavy (non-hydrogen) atoms. The van der Waals surface area contributed by atoms with Crippen molar-refractivity contribution in [3.05, 3.63) is 18.2 Å². The summed E-state index contributed by atoms with van der Waals surface area (Å²) in [4.78, 5) is 25.0. The van der Waals surface area contributed by atoms with Crippen molar-refractivity contribution in [2.75, 3.05) is 30.4 Å². The maximum Gasteiger partial charge on any atom is 0.319 e. The molecule has 0 spiro atoms. The number of rotatable bonds is 2. The summed E-state index contributed by atoms with van der Waals surface area (Å²) in [6.07, 6.45) is 0. The molecule has 0 saturated carbocycles. The van der Waals surface area contributed by atoms with E-state index in [9.17, 15) is 9.59 Å². The molecular weight excluding hydrogens is 270 g/mol. The number of fused-ring (bicyclic) bond motifs is 1. The van der Waals surface area contributed by atoms with Crippen LogP contribution in [0.25, 0.3) is 0 Å². The fourth-order valence-corrected chi connectivity index (χ4v) is 1.87. The molecule has 0 unspecified atom stereocenters. The summed E-state index contributed by atoms with van der Waals surface area (Å²) in [5, 5.41) is 5.57. The molecule has 1 aromatic rings. The minimum Gasteiger partial charge on any atom is -0.482 e. The lowest BCUT2D eigenvalue weighted by Crippen LogP contribution is -2.36. The summed E-state index contributed by atoms with van der Waals surface area (Å²) in [6.45, 7) is 6.76. The third-order valence-electron chi connectivity index (χ3n) is 3.08. The second kappa shape index (κ2) is 5.63. The van der Waals surface area contributed by atoms with Gasteiger partial charge in [0.2, 0.25) is 0 Å². The van der Waals surface area contributed by atoms with Crippen LogP contribution in [0, 0.1) is 5.41 Å². The van der Waals surface area contributed by atoms with E-state index < -0.39 is 0 Å². The normalized spacial score (nSPS) is 14.3. The van der Waals surface area contributed by atoms with Gasteiger partial charge in [0.15, 0.2) is 6.61 Å². The number of nitrogens with zero attached hydrogens (tertiary/aromatic N) is 1. The van der Waals surface area contributed by atoms with Crippen molar-refractivity contribution in [1.29, 1.82) is 0 Å². The molecular formula is C15H21N3O3. The van der Waals surface area contributed by atoms with Crippen LogP contribution in [0.15, 0.2) is 18.2 Å². The minimum atomic E-state index is -0.268. The van der Waals surface area contributed by atoms with Crippen molar-refractivity contribution < 1.29 is 14.3 Å². The predicted molar refractivity (Wildman–Crippen MR) is 81.8 cm³/mol. The fraction of sp³-hybridized carbons (Fsp3) is 0.467. The number of carbonyl (C=O) groups excluding carboxylic acids is 2. The highest BCUT2D eigenvalue weighted by atomic mass is 16.5. The highest BCUT2D eigenvalue weighted by Crippen LogP contribution is 2.33. The Kier molecular flexibility index (Phi) is 4.06. The number of anilines is 2. The van der Waals surface area contributed by atoms with Gasteiger partial charge in [0, 0.05) is 19.3 Å². The van der Waals surface area contributed by atoms with E-state index in [0.717, 1.165) is 0 Å². The molecule has 2 rings (SSSR count). The van der Waals surface area contributed by atoms with E-state index in [4.69, 9.17) is 4.74 Å². The summed E-state index contributed by atoms with van der Waals surface area (Å²) in [6, 6.07) is 4.95. The molecule has 3 amide bonds. The maximum atomic E-state index is 11.8. The number of ether oxygens (including phenoxy) is 1. The SMILES string of the molecule is CN1C(=O)COc2ccc(NC(=O)NCC(C)(C)C)cc21. The summed E-state index contributed by atoms with van der Waals surface area (Å²) < 4.78 is 5.34. The average molecular weight is 291 g/mol. The largest absolute Gasteiger partial charge is 0.482 e. The Balaban J connectivity index is 2.05. The highest BCUT2D eigenvalue weighted by Gasteiger charge is 2.22. The average Bonchev–Trinajstić information content (AvgIpc) is 2.40. The lowest BCUT2D eigenvalue weighted by molar-refractivity contribution is -0.120. The first-order chi connectivity index (χ1) is 9.76. The molecule has 1 aliphatic heterocycles. The van der Waals surface area contributed by atoms with Gasteiger partial charge in [-0.2, -0.15) is 0 Å². The van der Waals surface area contributed by atoms with E-state index in [1.807, 2.05) is 20.8 Å². The van der Waals surface area contributed by atoms with E-state index in [1.54, 1.807) is 25.2 Å². The third kappa shape index (κ3) is 3.87. The van der Waals surface area contributed by atoms with Gasteiger partial charge in [0.05, 0.1) is 5.69 Å². The Labute approximate surface area is 124 Å². The van der Waals surface area contributed by atoms with Crippen LogP contribution in [-0.4, -0.2) is 32.1 Å². The molecule has 0 radical (unpaired) electrons. The fourth-order valence-electron chi connectivity index (χ4n) is 1.87. The second-order valence-corrected chi connectivity index (χ2v) is 6.29. The number of hydrogen-bond donors (Lipinski definition) is 2. The van der Waals surface area contributed by atoms with E-state index in [-0.39, 0.29) is 24.0 Å². The van der Waals surface area contributed by atoms with Gasteiger partial charge in [-0.25, -0.2) is 4.79 Å². The number of urea groups is 1. The van der Waals surface area contributed by atoms with E-state index in [2.05, 4.69) is 10.6 Å². The molecule has 0 aromatic heterocycles. The van der Waals surface area contributed by atoms with Crippen LogP contribution in [-0.2, 0) is 4.79 Å². The standard InChI is InChI=1S/C15H21N3O3/c1-15(2,3)9-16-14(20)17-10-5-6-12-11(7-10)18(4)13(19)8-21-12/h5-7H,8-9H2,1-4H3,(H2,16,17,20). The van der Waals surface area contributed by atoms with Gasteiger partial charge in [-0.1, -0.05) is 20.8 Å². The summed E-state index contributed by atoms with van der Waals surface area (Å²) >= 11 is 0. The van der Waals surface area contributed by atoms with E-state index in [0.29, 0.717) is 23.7 Å². The first-order valence-corrected chi connectivity index (χ1v) is 6.84. The molecule has 0 saturated heterocycles. The first kappa shape index (κ1) is 15.2. The van der Waals surface area contributed by atoms with Crippen molar-refractivity contribution >= 4 is 23.3 Å². The van der Waals surface area contributed by atoms with Crippen molar-refractivity contribution in [1.82, 2.24) is 5.32 Å². The van der Waals surface area contributed by atoms with Crippen LogP contribution in [0.3, 0.4) is 0 Å². The Hall–Kier alpha value is -2.24. The number of carbonyl (C=O) groups is 2. The molecule has 1 heterocycles. The molecule has 0 atom stereocenters. The number of nitrogens with one attached hydrogen (secondary N) is 2. The van der Waals surface area contributed by atoms with E-state index in [1.165, 1.54) is 4.90 Å². The van der Waals surface area contributed by atoms with Gasteiger partial charge in [0.1, 0.15) is 5.75 Å². The van der Waals surface area contributed by atoms with Crippen LogP contribution in [0.4, 0.5) is 16.2 Å². The molecule has 2 N–H and O–H groups in total. The number of amides is 3. The van der Waals surface area contributed by atoms with Crippen LogP contribution in [0.1, 0.15) is 20.8 Å². The summed E-state index contributed by atoms with van der Waals surface area (Å²) in [7, 11) is 1.69. The Morgan fingerprint density at radius 3 is 2.76 bits per heavy atom. The van der Waals surface area contributed by atoms with Crippen molar-refractivity contribution in [2.45, 2.75) is 20.8 Å². The smallest absolute Gasteiger partial charge is 0.319 e. The molecule has 6 heteroatoms. The van der Waals surface area contributed by atoms with Crippen LogP contribution in [0.2, 0.25) is 0 Å². The zero-order valence-electron chi connectivity index (χ0n) is 12.8. The molecule has 1 aliphatic rings. The summed E-state index contributed by atoms with van der Waals surface area (Å²) in [5.74, 6) is 0.523. The van der Waals surface area contributed by atoms with E-state index >= 15 is 0 Å². The zero-order valence-corrected chi connectivity index (χ0v) is 12.8. The molecule has 114 valence electrons. The molecule has 6 nitrogen and oxygen atoms in total. The van der Waals surface area contributed by atoms with Crippen molar-refractivity contribution in [2.24, 2.45) is 5.41 Å². The molecule has 0 bridgehead atoms. The van der Waals surface area contributed by atoms with Gasteiger partial charge in [-0.05, 0) is 23.6 Å². The van der Waals surface area contributed by atoms with Crippen molar-refractivity contribution in [3.63, 3.8) is 0 Å². The topological polar surface area (TPSA) is 70.7 Å². The lowest BCUT2D eigenvalue weighted by atomic mass is 9.97. The van der Waals surface area contributed by atoms with Crippen molar-refractivity contribution in [3.8, 4) is 5.75 Å². The quantitative estimate of drug-likeness (QED) is 0.877. The zero-order chi connectivity index (χ0) is 15.6. The number of hydrogen-bond acceptors (Lipinski definition) is 3. The molecule has 0 aliphatic carbocycles. The minimum absolute atomic E-state index is 0.0215. The van der Waals surface area contributed by atoms with Gasteiger partial charge in [-0.3, -0.25) is 4.79 Å². The number of likely N-dealkylation sites (N-methyl/N-ethyl adjacent to an activating group) is 1. The first-order valence-electron chi connectivity index (χ1n) is 6.84. The predicted octanol–water partition coefficient (Wildman–Crippen LogP) is 2.21. The van der Waals surface area contributed by atoms with Crippen LogP contribution in [0.5, 0.6) is 5.75 Å². The Morgan fingerprint density at radius 2 is 2.10 bits per heavy atom. The highest BCUT2D eigenvalue weighted by molar-refractivity contribution is 5.99. The van der Waals surface area contributed by atoms with Gasteiger partial charge < -0.3 is 20.3 Å². The molecule has 0 fully saturated rings. The Bertz CT molecular complexity index is 564. The lowest BCUT2D eigenvalue weighted by Gasteiger charge is -2.26. The van der Waals surface area contributed by atoms with Gasteiger partial charge in [-0.15, -0.1) is 0 Å². The van der Waals surface area contributed by atoms with Crippen LogP contribution < -0.4 is 20.3 Å². The van der Waals surface area contributed by atoms with Gasteiger partial charge >= 0.3 is 6.03 Å². The monoisotopic (exact) mass is 291 g/mol. The Morgan fingerprint density at radius 1 is 1.38 bits per heavy atom. The third-order valence-corrected chi connectivity index (χ3v) is 3.08.